The zero-order chi connectivity index (χ0) is 21.8. The molecule has 0 radical (unpaired) electrons. The van der Waals surface area contributed by atoms with Crippen molar-refractivity contribution in [2.24, 2.45) is 23.2 Å². The van der Waals surface area contributed by atoms with Gasteiger partial charge in [-0.25, -0.2) is 0 Å². The number of aliphatic hydroxyl groups is 2. The molecule has 3 unspecified atom stereocenters. The molecule has 3 N–H and O–H groups in total. The van der Waals surface area contributed by atoms with Crippen molar-refractivity contribution >= 4 is 16.1 Å². The minimum atomic E-state index is -6.46. The maximum Gasteiger partial charge on any atom is 0.459 e. The van der Waals surface area contributed by atoms with Gasteiger partial charge in [0.05, 0.1) is 18.1 Å². The predicted molar refractivity (Wildman–Crippen MR) is 86.4 cm³/mol. The van der Waals surface area contributed by atoms with E-state index in [-0.39, 0.29) is 17.8 Å². The molecule has 0 aliphatic heterocycles. The summed E-state index contributed by atoms with van der Waals surface area (Å²) in [6.07, 6.45) is -4.96. The predicted octanol–water partition coefficient (Wildman–Crippen LogP) is 1.17. The van der Waals surface area contributed by atoms with E-state index in [0.717, 1.165) is 12.8 Å². The summed E-state index contributed by atoms with van der Waals surface area (Å²) in [5, 5.41) is 13.9. The third-order valence-corrected chi connectivity index (χ3v) is 7.07. The van der Waals surface area contributed by atoms with Gasteiger partial charge >= 0.3 is 27.5 Å². The molecule has 4 fully saturated rings. The van der Waals surface area contributed by atoms with Gasteiger partial charge in [0.2, 0.25) is 0 Å². The minimum absolute atomic E-state index is 0.0246. The summed E-state index contributed by atoms with van der Waals surface area (Å²) >= 11 is 0. The van der Waals surface area contributed by atoms with Crippen molar-refractivity contribution < 1.29 is 55.0 Å². The zero-order valence-electron chi connectivity index (χ0n) is 15.1. The number of carbonyl (C=O) groups excluding carboxylic acids is 1. The maximum absolute atomic E-state index is 13.2. The molecule has 0 amide bonds. The number of esters is 1. The van der Waals surface area contributed by atoms with Crippen molar-refractivity contribution in [1.29, 1.82) is 0 Å². The highest BCUT2D eigenvalue weighted by Crippen LogP contribution is 2.60. The van der Waals surface area contributed by atoms with Gasteiger partial charge in [-0.15, -0.1) is 0 Å². The van der Waals surface area contributed by atoms with Gasteiger partial charge in [0.15, 0.2) is 0 Å². The molecule has 168 valence electrons. The molecule has 4 bridgehead atoms. The van der Waals surface area contributed by atoms with Crippen LogP contribution in [0.4, 0.5) is 17.6 Å². The topological polar surface area (TPSA) is 130 Å². The summed E-state index contributed by atoms with van der Waals surface area (Å²) in [6, 6.07) is 0. The molecule has 0 saturated heterocycles. The van der Waals surface area contributed by atoms with Crippen LogP contribution < -0.4 is 0 Å². The highest BCUT2D eigenvalue weighted by Gasteiger charge is 2.67. The Balaban J connectivity index is 1.52. The molecule has 8 nitrogen and oxygen atoms in total. The van der Waals surface area contributed by atoms with E-state index in [2.05, 4.69) is 4.74 Å². The molecule has 4 rings (SSSR count). The summed E-state index contributed by atoms with van der Waals surface area (Å²) < 4.78 is 90.0. The van der Waals surface area contributed by atoms with Crippen LogP contribution in [0.15, 0.2) is 0 Å². The fourth-order valence-electron chi connectivity index (χ4n) is 5.06. The van der Waals surface area contributed by atoms with E-state index in [1.54, 1.807) is 0 Å². The average molecular weight is 450 g/mol. The van der Waals surface area contributed by atoms with E-state index in [4.69, 9.17) is 9.29 Å². The van der Waals surface area contributed by atoms with Crippen LogP contribution in [-0.4, -0.2) is 65.9 Å². The van der Waals surface area contributed by atoms with E-state index < -0.39 is 58.3 Å². The number of carbonyl (C=O) groups is 1. The van der Waals surface area contributed by atoms with E-state index >= 15 is 0 Å². The Labute approximate surface area is 163 Å². The standard InChI is InChI=1S/C16H22F4O8S/c17-15(18,16(19,20)29(24,25)26)28-7-11(21)6-27-13(23)14-3-8-1-9(4-14)12(22)10(2-8)5-14/h8-12,21-22H,1-7H2,(H,24,25,26). The summed E-state index contributed by atoms with van der Waals surface area (Å²) in [7, 11) is -6.46. The maximum atomic E-state index is 13.2. The van der Waals surface area contributed by atoms with Gasteiger partial charge in [-0.3, -0.25) is 9.35 Å². The molecular formula is C16H22F4O8S. The van der Waals surface area contributed by atoms with Crippen molar-refractivity contribution in [2.75, 3.05) is 13.2 Å². The molecule has 29 heavy (non-hydrogen) atoms. The normalized spacial score (nSPS) is 35.6. The molecule has 0 aromatic rings. The van der Waals surface area contributed by atoms with Gasteiger partial charge in [-0.05, 0) is 49.9 Å². The monoisotopic (exact) mass is 450 g/mol. The average Bonchev–Trinajstić information content (AvgIpc) is 2.60. The van der Waals surface area contributed by atoms with Crippen LogP contribution in [-0.2, 0) is 24.4 Å². The highest BCUT2D eigenvalue weighted by atomic mass is 32.2. The van der Waals surface area contributed by atoms with Crippen molar-refractivity contribution in [3.05, 3.63) is 0 Å². The zero-order valence-corrected chi connectivity index (χ0v) is 16.0. The van der Waals surface area contributed by atoms with E-state index in [9.17, 15) is 41.0 Å². The molecule has 4 aliphatic carbocycles. The molecule has 3 atom stereocenters. The summed E-state index contributed by atoms with van der Waals surface area (Å²) in [6.45, 7) is -2.29. The lowest BCUT2D eigenvalue weighted by Gasteiger charge is -2.57. The molecule has 0 aromatic carbocycles. The second-order valence-corrected chi connectivity index (χ2v) is 9.78. The Morgan fingerprint density at radius 3 is 2.17 bits per heavy atom. The summed E-state index contributed by atoms with van der Waals surface area (Å²) in [5.74, 6) is -0.428. The first-order valence-electron chi connectivity index (χ1n) is 9.08. The van der Waals surface area contributed by atoms with Crippen LogP contribution >= 0.6 is 0 Å². The molecule has 4 saturated carbocycles. The van der Waals surface area contributed by atoms with Gasteiger partial charge in [0.25, 0.3) is 0 Å². The Hall–Kier alpha value is -1.02. The van der Waals surface area contributed by atoms with Crippen LogP contribution in [0, 0.1) is 23.2 Å². The minimum Gasteiger partial charge on any atom is -0.462 e. The third kappa shape index (κ3) is 3.99. The smallest absolute Gasteiger partial charge is 0.459 e. The Bertz CT molecular complexity index is 742. The molecule has 0 heterocycles. The summed E-state index contributed by atoms with van der Waals surface area (Å²) in [5.41, 5.74) is -0.821. The van der Waals surface area contributed by atoms with Crippen molar-refractivity contribution in [3.63, 3.8) is 0 Å². The van der Waals surface area contributed by atoms with Crippen molar-refractivity contribution in [1.82, 2.24) is 0 Å². The number of rotatable bonds is 8. The largest absolute Gasteiger partial charge is 0.462 e. The number of ether oxygens (including phenoxy) is 2. The van der Waals surface area contributed by atoms with Crippen LogP contribution in [0.5, 0.6) is 0 Å². The molecular weight excluding hydrogens is 428 g/mol. The first-order valence-corrected chi connectivity index (χ1v) is 10.5. The second kappa shape index (κ2) is 7.29. The van der Waals surface area contributed by atoms with Crippen LogP contribution in [0.25, 0.3) is 0 Å². The second-order valence-electron chi connectivity index (χ2n) is 8.31. The lowest BCUT2D eigenvalue weighted by molar-refractivity contribution is -0.324. The molecule has 13 heteroatoms. The Morgan fingerprint density at radius 2 is 1.66 bits per heavy atom. The summed E-state index contributed by atoms with van der Waals surface area (Å²) in [4.78, 5) is 12.6. The lowest BCUT2D eigenvalue weighted by Crippen LogP contribution is -2.56. The van der Waals surface area contributed by atoms with E-state index in [1.807, 2.05) is 0 Å². The van der Waals surface area contributed by atoms with Crippen molar-refractivity contribution in [2.45, 2.75) is 55.7 Å². The van der Waals surface area contributed by atoms with Crippen molar-refractivity contribution in [3.8, 4) is 0 Å². The fraction of sp³-hybridized carbons (Fsp3) is 0.938. The van der Waals surface area contributed by atoms with Crippen LogP contribution in [0.2, 0.25) is 0 Å². The van der Waals surface area contributed by atoms with Gasteiger partial charge in [-0.1, -0.05) is 0 Å². The first kappa shape index (κ1) is 22.7. The third-order valence-electron chi connectivity index (χ3n) is 6.18. The number of halogens is 4. The highest BCUT2D eigenvalue weighted by molar-refractivity contribution is 7.86. The molecule has 0 spiro atoms. The number of hydrogen-bond donors (Lipinski definition) is 3. The Kier molecular flexibility index (Phi) is 5.70. The van der Waals surface area contributed by atoms with Crippen LogP contribution in [0.3, 0.4) is 0 Å². The van der Waals surface area contributed by atoms with E-state index in [1.165, 1.54) is 0 Å². The number of aliphatic hydroxyl groups excluding tert-OH is 2. The SMILES string of the molecule is O=C(OCC(O)COC(F)(F)C(F)(F)S(=O)(=O)O)C12CC3CC(C1)C(O)C(C3)C2. The fourth-order valence-corrected chi connectivity index (χ4v) is 5.41. The number of hydrogen-bond acceptors (Lipinski definition) is 7. The van der Waals surface area contributed by atoms with Gasteiger partial charge in [0, 0.05) is 0 Å². The molecule has 0 aromatic heterocycles. The molecule has 4 aliphatic rings. The quantitative estimate of drug-likeness (QED) is 0.285. The first-order chi connectivity index (χ1) is 13.2. The van der Waals surface area contributed by atoms with E-state index in [0.29, 0.717) is 19.3 Å². The van der Waals surface area contributed by atoms with Gasteiger partial charge in [-0.2, -0.15) is 26.0 Å². The van der Waals surface area contributed by atoms with Gasteiger partial charge < -0.3 is 19.7 Å². The van der Waals surface area contributed by atoms with Gasteiger partial charge in [0.1, 0.15) is 12.7 Å². The lowest BCUT2D eigenvalue weighted by atomic mass is 9.48. The Morgan fingerprint density at radius 1 is 1.10 bits per heavy atom. The van der Waals surface area contributed by atoms with Crippen LogP contribution in [0.1, 0.15) is 32.1 Å². The number of alkyl halides is 4.